The summed E-state index contributed by atoms with van der Waals surface area (Å²) in [5.74, 6) is 1.80. The Morgan fingerprint density at radius 1 is 1.47 bits per heavy atom. The number of hydrogen-bond donors (Lipinski definition) is 2. The number of nitrogens with one attached hydrogen (secondary N) is 1. The van der Waals surface area contributed by atoms with Crippen molar-refractivity contribution in [2.75, 3.05) is 25.2 Å². The fraction of sp³-hybridized carbons (Fsp3) is 0.571. The van der Waals surface area contributed by atoms with Gasteiger partial charge < -0.3 is 15.2 Å². The van der Waals surface area contributed by atoms with E-state index in [1.165, 1.54) is 5.56 Å². The molecular weight excluding hydrogens is 326 g/mol. The average Bonchev–Trinajstić information content (AvgIpc) is 2.35. The summed E-state index contributed by atoms with van der Waals surface area (Å²) in [4.78, 5) is 0. The molecule has 0 aromatic heterocycles. The molecule has 0 aliphatic heterocycles. The number of halogens is 1. The molecule has 3 nitrogen and oxygen atoms in total. The first-order valence-corrected chi connectivity index (χ1v) is 8.51. The zero-order valence-electron chi connectivity index (χ0n) is 11.6. The molecule has 0 radical (unpaired) electrons. The molecule has 0 bridgehead atoms. The highest BCUT2D eigenvalue weighted by atomic mass is 79.9. The maximum atomic E-state index is 9.86. The minimum Gasteiger partial charge on any atom is -0.490 e. The summed E-state index contributed by atoms with van der Waals surface area (Å²) in [5, 5.41) is 13.1. The molecule has 0 heterocycles. The zero-order chi connectivity index (χ0) is 14.3. The normalized spacial score (nSPS) is 14.2. The van der Waals surface area contributed by atoms with Crippen molar-refractivity contribution in [2.24, 2.45) is 0 Å². The first kappa shape index (κ1) is 16.8. The molecule has 1 aromatic carbocycles. The van der Waals surface area contributed by atoms with Crippen molar-refractivity contribution in [3.63, 3.8) is 0 Å². The number of aryl methyl sites for hydroxylation is 1. The summed E-state index contributed by atoms with van der Waals surface area (Å²) in [6, 6.07) is 6.30. The Labute approximate surface area is 128 Å². The smallest absolute Gasteiger partial charge is 0.133 e. The minimum absolute atomic E-state index is 0.292. The number of aliphatic hydroxyl groups is 1. The second kappa shape index (κ2) is 8.84. The van der Waals surface area contributed by atoms with Crippen molar-refractivity contribution >= 4 is 27.7 Å². The lowest BCUT2D eigenvalue weighted by atomic mass is 10.2. The molecule has 2 N–H and O–H groups in total. The third kappa shape index (κ3) is 6.65. The number of benzene rings is 1. The molecule has 0 amide bonds. The van der Waals surface area contributed by atoms with Gasteiger partial charge in [-0.15, -0.1) is 0 Å². The highest BCUT2D eigenvalue weighted by Crippen LogP contribution is 2.25. The van der Waals surface area contributed by atoms with Gasteiger partial charge in [0.2, 0.25) is 0 Å². The zero-order valence-corrected chi connectivity index (χ0v) is 14.1. The van der Waals surface area contributed by atoms with E-state index in [0.717, 1.165) is 16.0 Å². The van der Waals surface area contributed by atoms with Gasteiger partial charge in [-0.2, -0.15) is 11.8 Å². The van der Waals surface area contributed by atoms with Gasteiger partial charge >= 0.3 is 0 Å². The fourth-order valence-electron chi connectivity index (χ4n) is 1.61. The van der Waals surface area contributed by atoms with Crippen LogP contribution in [0.15, 0.2) is 22.7 Å². The van der Waals surface area contributed by atoms with Gasteiger partial charge in [0.25, 0.3) is 0 Å². The van der Waals surface area contributed by atoms with Crippen molar-refractivity contribution in [3.05, 3.63) is 28.2 Å². The number of hydrogen-bond acceptors (Lipinski definition) is 4. The quantitative estimate of drug-likeness (QED) is 0.758. The van der Waals surface area contributed by atoms with E-state index in [0.29, 0.717) is 19.2 Å². The van der Waals surface area contributed by atoms with E-state index >= 15 is 0 Å². The maximum absolute atomic E-state index is 9.86. The van der Waals surface area contributed by atoms with Gasteiger partial charge in [0.1, 0.15) is 18.5 Å². The molecule has 19 heavy (non-hydrogen) atoms. The molecule has 0 spiro atoms. The van der Waals surface area contributed by atoms with E-state index in [4.69, 9.17) is 4.74 Å². The predicted octanol–water partition coefficient (Wildman–Crippen LogP) is 2.84. The van der Waals surface area contributed by atoms with Gasteiger partial charge in [0, 0.05) is 18.3 Å². The summed E-state index contributed by atoms with van der Waals surface area (Å²) in [6.45, 7) is 4.98. The van der Waals surface area contributed by atoms with Crippen molar-refractivity contribution < 1.29 is 9.84 Å². The minimum atomic E-state index is -0.502. The second-order valence-electron chi connectivity index (χ2n) is 4.66. The molecule has 108 valence electrons. The number of thioether (sulfide) groups is 1. The maximum Gasteiger partial charge on any atom is 0.133 e. The van der Waals surface area contributed by atoms with Crippen LogP contribution in [0.1, 0.15) is 12.5 Å². The van der Waals surface area contributed by atoms with Crippen molar-refractivity contribution in [1.82, 2.24) is 5.32 Å². The van der Waals surface area contributed by atoms with Crippen LogP contribution in [-0.4, -0.2) is 42.4 Å². The monoisotopic (exact) mass is 347 g/mol. The SMILES string of the molecule is CSCC(C)NCC(O)COc1ccc(C)cc1Br. The topological polar surface area (TPSA) is 41.5 Å². The Bertz CT molecular complexity index is 390. The van der Waals surface area contributed by atoms with E-state index < -0.39 is 6.10 Å². The van der Waals surface area contributed by atoms with Crippen LogP contribution < -0.4 is 10.1 Å². The molecule has 1 rings (SSSR count). The standard InChI is InChI=1S/C14H22BrNO2S/c1-10-4-5-14(13(15)6-10)18-8-12(17)7-16-11(2)9-19-3/h4-6,11-12,16-17H,7-9H2,1-3H3. The summed E-state index contributed by atoms with van der Waals surface area (Å²) >= 11 is 5.25. The van der Waals surface area contributed by atoms with Crippen LogP contribution in [-0.2, 0) is 0 Å². The summed E-state index contributed by atoms with van der Waals surface area (Å²) in [7, 11) is 0. The lowest BCUT2D eigenvalue weighted by Crippen LogP contribution is -2.37. The molecule has 0 aliphatic rings. The van der Waals surface area contributed by atoms with Crippen LogP contribution in [0.4, 0.5) is 0 Å². The van der Waals surface area contributed by atoms with Crippen molar-refractivity contribution in [2.45, 2.75) is 26.0 Å². The first-order chi connectivity index (χ1) is 9.02. The summed E-state index contributed by atoms with van der Waals surface area (Å²) in [6.07, 6.45) is 1.57. The molecule has 5 heteroatoms. The lowest BCUT2D eigenvalue weighted by Gasteiger charge is -2.17. The van der Waals surface area contributed by atoms with Crippen LogP contribution in [0.25, 0.3) is 0 Å². The van der Waals surface area contributed by atoms with Crippen LogP contribution >= 0.6 is 27.7 Å². The van der Waals surface area contributed by atoms with Crippen LogP contribution in [0.3, 0.4) is 0 Å². The molecule has 2 unspecified atom stereocenters. The van der Waals surface area contributed by atoms with Gasteiger partial charge in [0.05, 0.1) is 4.47 Å². The highest BCUT2D eigenvalue weighted by Gasteiger charge is 2.09. The molecular formula is C14H22BrNO2S. The van der Waals surface area contributed by atoms with E-state index in [-0.39, 0.29) is 0 Å². The van der Waals surface area contributed by atoms with Gasteiger partial charge in [-0.25, -0.2) is 0 Å². The van der Waals surface area contributed by atoms with Gasteiger partial charge in [-0.05, 0) is 53.7 Å². The van der Waals surface area contributed by atoms with Crippen molar-refractivity contribution in [3.8, 4) is 5.75 Å². The second-order valence-corrected chi connectivity index (χ2v) is 6.43. The highest BCUT2D eigenvalue weighted by molar-refractivity contribution is 9.10. The number of rotatable bonds is 8. The van der Waals surface area contributed by atoms with Gasteiger partial charge in [-0.3, -0.25) is 0 Å². The fourth-order valence-corrected chi connectivity index (χ4v) is 2.84. The molecule has 2 atom stereocenters. The van der Waals surface area contributed by atoms with E-state index in [2.05, 4.69) is 34.4 Å². The van der Waals surface area contributed by atoms with Gasteiger partial charge in [0.15, 0.2) is 0 Å². The molecule has 0 saturated heterocycles. The largest absolute Gasteiger partial charge is 0.490 e. The van der Waals surface area contributed by atoms with E-state index in [9.17, 15) is 5.11 Å². The van der Waals surface area contributed by atoms with Crippen LogP contribution in [0, 0.1) is 6.92 Å². The lowest BCUT2D eigenvalue weighted by molar-refractivity contribution is 0.104. The molecule has 0 aliphatic carbocycles. The van der Waals surface area contributed by atoms with Gasteiger partial charge in [-0.1, -0.05) is 6.07 Å². The predicted molar refractivity (Wildman–Crippen MR) is 86.2 cm³/mol. The van der Waals surface area contributed by atoms with E-state index in [1.54, 1.807) is 11.8 Å². The Morgan fingerprint density at radius 2 is 2.21 bits per heavy atom. The van der Waals surface area contributed by atoms with Crippen LogP contribution in [0.5, 0.6) is 5.75 Å². The Hall–Kier alpha value is -0.230. The first-order valence-electron chi connectivity index (χ1n) is 6.32. The molecule has 0 fully saturated rings. The summed E-state index contributed by atoms with van der Waals surface area (Å²) in [5.41, 5.74) is 1.17. The van der Waals surface area contributed by atoms with E-state index in [1.807, 2.05) is 25.1 Å². The molecule has 1 aromatic rings. The number of aliphatic hydroxyl groups excluding tert-OH is 1. The third-order valence-corrected chi connectivity index (χ3v) is 4.09. The Kier molecular flexibility index (Phi) is 7.83. The Morgan fingerprint density at radius 3 is 2.84 bits per heavy atom. The van der Waals surface area contributed by atoms with Crippen molar-refractivity contribution in [1.29, 1.82) is 0 Å². The third-order valence-electron chi connectivity index (χ3n) is 2.64. The summed E-state index contributed by atoms with van der Waals surface area (Å²) < 4.78 is 6.52. The average molecular weight is 348 g/mol. The number of ether oxygens (including phenoxy) is 1. The Balaban J connectivity index is 2.31. The van der Waals surface area contributed by atoms with Crippen LogP contribution in [0.2, 0.25) is 0 Å². The molecule has 0 saturated carbocycles.